The second-order valence-corrected chi connectivity index (χ2v) is 7.91. The molecule has 1 fully saturated rings. The summed E-state index contributed by atoms with van der Waals surface area (Å²) in [4.78, 5) is 57.9. The van der Waals surface area contributed by atoms with Gasteiger partial charge < -0.3 is 25.7 Å². The summed E-state index contributed by atoms with van der Waals surface area (Å²) in [5, 5.41) is 16.5. The third-order valence-electron chi connectivity index (χ3n) is 3.98. The first-order chi connectivity index (χ1) is 14.3. The summed E-state index contributed by atoms with van der Waals surface area (Å²) in [6, 6.07) is -0.947. The summed E-state index contributed by atoms with van der Waals surface area (Å²) >= 11 is 2.38. The Labute approximate surface area is 178 Å². The van der Waals surface area contributed by atoms with Gasteiger partial charge in [-0.15, -0.1) is 23.1 Å². The number of nitrogens with two attached hydrogens (primary N) is 1. The van der Waals surface area contributed by atoms with Gasteiger partial charge in [0.25, 0.3) is 11.8 Å². The van der Waals surface area contributed by atoms with Gasteiger partial charge in [0, 0.05) is 11.1 Å². The van der Waals surface area contributed by atoms with Crippen LogP contribution in [0, 0.1) is 0 Å². The van der Waals surface area contributed by atoms with E-state index in [1.165, 1.54) is 23.2 Å². The number of carboxylic acid groups (broad SMARTS) is 1. The largest absolute Gasteiger partial charge is 0.477 e. The highest BCUT2D eigenvalue weighted by Gasteiger charge is 2.53. The molecule has 0 bridgehead atoms. The van der Waals surface area contributed by atoms with Gasteiger partial charge in [0.15, 0.2) is 10.8 Å². The summed E-state index contributed by atoms with van der Waals surface area (Å²) in [5.74, 6) is -2.84. The number of rotatable bonds is 8. The molecule has 4 N–H and O–H groups in total. The summed E-state index contributed by atoms with van der Waals surface area (Å²) in [7, 11) is 0. The monoisotopic (exact) mass is 455 g/mol. The van der Waals surface area contributed by atoms with Crippen LogP contribution in [-0.4, -0.2) is 74.8 Å². The number of ether oxygens (including phenoxy) is 1. The summed E-state index contributed by atoms with van der Waals surface area (Å²) < 4.78 is 4.71. The number of carbonyl (C=O) groups is 4. The van der Waals surface area contributed by atoms with Crippen LogP contribution in [0.25, 0.3) is 0 Å². The fraction of sp³-hybridized carbons (Fsp3) is 0.375. The van der Waals surface area contributed by atoms with Crippen LogP contribution >= 0.6 is 23.1 Å². The van der Waals surface area contributed by atoms with Crippen molar-refractivity contribution < 1.29 is 33.9 Å². The Morgan fingerprint density at radius 3 is 2.87 bits per heavy atom. The molecule has 0 spiro atoms. The number of esters is 1. The van der Waals surface area contributed by atoms with Crippen LogP contribution in [-0.2, 0) is 28.8 Å². The smallest absolute Gasteiger partial charge is 0.352 e. The second kappa shape index (κ2) is 9.13. The number of thioether (sulfide) groups is 1. The van der Waals surface area contributed by atoms with Crippen molar-refractivity contribution in [2.45, 2.75) is 18.3 Å². The van der Waals surface area contributed by atoms with Crippen LogP contribution in [0.3, 0.4) is 0 Å². The Balaban J connectivity index is 1.73. The topological polar surface area (TPSA) is 174 Å². The molecule has 30 heavy (non-hydrogen) atoms. The lowest BCUT2D eigenvalue weighted by Crippen LogP contribution is -2.70. The molecular formula is C16H17N5O7S2. The van der Waals surface area contributed by atoms with Crippen LogP contribution < -0.4 is 11.1 Å². The minimum atomic E-state index is -1.22. The Kier molecular flexibility index (Phi) is 6.56. The van der Waals surface area contributed by atoms with Gasteiger partial charge in [-0.05, 0) is 13.0 Å². The maximum Gasteiger partial charge on any atom is 0.352 e. The first-order valence-electron chi connectivity index (χ1n) is 8.59. The molecule has 1 aromatic heterocycles. The number of β-lactam (4-membered cyclic amide) rings is 1. The number of hydrogen-bond acceptors (Lipinski definition) is 11. The molecule has 0 aliphatic carbocycles. The minimum Gasteiger partial charge on any atom is -0.477 e. The number of carboxylic acids is 1. The van der Waals surface area contributed by atoms with Crippen molar-refractivity contribution >= 4 is 57.7 Å². The van der Waals surface area contributed by atoms with Crippen LogP contribution in [0.1, 0.15) is 12.6 Å². The van der Waals surface area contributed by atoms with E-state index < -0.39 is 41.8 Å². The van der Waals surface area contributed by atoms with Gasteiger partial charge in [-0.25, -0.2) is 14.6 Å². The second-order valence-electron chi connectivity index (χ2n) is 5.87. The van der Waals surface area contributed by atoms with E-state index in [1.807, 2.05) is 0 Å². The predicted octanol–water partition coefficient (Wildman–Crippen LogP) is -0.622. The number of carbonyl (C=O) groups excluding carboxylic acids is 3. The van der Waals surface area contributed by atoms with Crippen molar-refractivity contribution in [3.8, 4) is 0 Å². The van der Waals surface area contributed by atoms with E-state index in [1.54, 1.807) is 6.92 Å². The quantitative estimate of drug-likeness (QED) is 0.198. The van der Waals surface area contributed by atoms with Crippen molar-refractivity contribution in [3.05, 3.63) is 22.8 Å². The van der Waals surface area contributed by atoms with Crippen LogP contribution in [0.15, 0.2) is 22.3 Å². The molecule has 3 rings (SSSR count). The molecule has 14 heteroatoms. The molecular weight excluding hydrogens is 438 g/mol. The number of anilines is 1. The number of nitrogens with one attached hydrogen (secondary N) is 1. The summed E-state index contributed by atoms with van der Waals surface area (Å²) in [5.41, 5.74) is 5.30. The van der Waals surface area contributed by atoms with Gasteiger partial charge >= 0.3 is 11.9 Å². The third kappa shape index (κ3) is 4.38. The molecule has 2 atom stereocenters. The molecule has 0 aromatic carbocycles. The number of hydrogen-bond donors (Lipinski definition) is 3. The van der Waals surface area contributed by atoms with Crippen molar-refractivity contribution in [3.63, 3.8) is 0 Å². The number of oxime groups is 1. The molecule has 0 radical (unpaired) electrons. The predicted molar refractivity (Wildman–Crippen MR) is 106 cm³/mol. The zero-order valence-corrected chi connectivity index (χ0v) is 17.2. The number of amides is 2. The molecule has 2 amide bonds. The first-order valence-corrected chi connectivity index (χ1v) is 10.5. The highest BCUT2D eigenvalue weighted by atomic mass is 32.2. The zero-order valence-electron chi connectivity index (χ0n) is 15.6. The number of aromatic nitrogens is 1. The average Bonchev–Trinajstić information content (AvgIpc) is 3.14. The standard InChI is InChI=1S/C16H17N5O7S2/c1-2-27-9(22)5-28-20-10(7-6-30-16(17)18-7)12(23)19-11-13(24)21-8(15(25)26)3-4-29-14(11)21/h3,6,11,14H,2,4-5H2,1H3,(H2,17,18)(H,19,23)(H,25,26)/b20-10+. The maximum absolute atomic E-state index is 12.8. The van der Waals surface area contributed by atoms with Crippen molar-refractivity contribution in [1.82, 2.24) is 15.2 Å². The van der Waals surface area contributed by atoms with Crippen molar-refractivity contribution in [2.24, 2.45) is 5.16 Å². The lowest BCUT2D eigenvalue weighted by Gasteiger charge is -2.48. The molecule has 12 nitrogen and oxygen atoms in total. The molecule has 3 heterocycles. The number of thiazole rings is 1. The van der Waals surface area contributed by atoms with Crippen molar-refractivity contribution in [2.75, 3.05) is 24.7 Å². The average molecular weight is 455 g/mol. The van der Waals surface area contributed by atoms with Crippen molar-refractivity contribution in [1.29, 1.82) is 0 Å². The number of aliphatic carboxylic acids is 1. The van der Waals surface area contributed by atoms with Crippen LogP contribution in [0.4, 0.5) is 5.13 Å². The van der Waals surface area contributed by atoms with E-state index in [2.05, 4.69) is 15.5 Å². The highest BCUT2D eigenvalue weighted by Crippen LogP contribution is 2.37. The lowest BCUT2D eigenvalue weighted by atomic mass is 10.0. The van der Waals surface area contributed by atoms with Gasteiger partial charge in [0.2, 0.25) is 6.61 Å². The van der Waals surface area contributed by atoms with Crippen LogP contribution in [0.5, 0.6) is 0 Å². The van der Waals surface area contributed by atoms with Gasteiger partial charge in [-0.3, -0.25) is 14.5 Å². The fourth-order valence-corrected chi connectivity index (χ4v) is 4.44. The van der Waals surface area contributed by atoms with E-state index in [4.69, 9.17) is 15.3 Å². The Morgan fingerprint density at radius 2 is 2.23 bits per heavy atom. The Hall–Kier alpha value is -3.13. The van der Waals surface area contributed by atoms with E-state index >= 15 is 0 Å². The Bertz CT molecular complexity index is 944. The van der Waals surface area contributed by atoms with Gasteiger partial charge in [-0.1, -0.05) is 5.16 Å². The summed E-state index contributed by atoms with van der Waals surface area (Å²) in [6.07, 6.45) is 1.44. The van der Waals surface area contributed by atoms with E-state index in [-0.39, 0.29) is 28.8 Å². The highest BCUT2D eigenvalue weighted by molar-refractivity contribution is 8.00. The number of nitrogens with zero attached hydrogens (tertiary/aromatic N) is 3. The van der Waals surface area contributed by atoms with E-state index in [0.717, 1.165) is 16.2 Å². The van der Waals surface area contributed by atoms with Gasteiger partial charge in [0.05, 0.1) is 6.61 Å². The van der Waals surface area contributed by atoms with E-state index in [9.17, 15) is 24.3 Å². The lowest BCUT2D eigenvalue weighted by molar-refractivity contribution is -0.150. The van der Waals surface area contributed by atoms with E-state index in [0.29, 0.717) is 5.75 Å². The van der Waals surface area contributed by atoms with Gasteiger partial charge in [-0.2, -0.15) is 0 Å². The molecule has 2 unspecified atom stereocenters. The zero-order chi connectivity index (χ0) is 21.8. The molecule has 1 saturated heterocycles. The molecule has 2 aliphatic rings. The third-order valence-corrected chi connectivity index (χ3v) is 5.83. The molecule has 1 aromatic rings. The fourth-order valence-electron chi connectivity index (χ4n) is 2.70. The number of nitrogen functional groups attached to an aromatic ring is 1. The van der Waals surface area contributed by atoms with Crippen LogP contribution in [0.2, 0.25) is 0 Å². The first kappa shape index (κ1) is 21.6. The minimum absolute atomic E-state index is 0.102. The maximum atomic E-state index is 12.8. The molecule has 0 saturated carbocycles. The SMILES string of the molecule is CCOC(=O)CO/N=C(/C(=O)NC1C(=O)N2C(C(=O)O)=CCSC12)c1csc(N)n1. The van der Waals surface area contributed by atoms with Gasteiger partial charge in [0.1, 0.15) is 22.8 Å². The number of fused-ring (bicyclic) bond motifs is 1. The Morgan fingerprint density at radius 1 is 1.47 bits per heavy atom. The molecule has 160 valence electrons. The molecule has 2 aliphatic heterocycles. The summed E-state index contributed by atoms with van der Waals surface area (Å²) in [6.45, 7) is 1.27. The normalized spacial score (nSPS) is 20.6.